The summed E-state index contributed by atoms with van der Waals surface area (Å²) in [6, 6.07) is 5.35. The van der Waals surface area contributed by atoms with Gasteiger partial charge in [-0.2, -0.15) is 0 Å². The summed E-state index contributed by atoms with van der Waals surface area (Å²) in [6.45, 7) is 0.366. The van der Waals surface area contributed by atoms with Crippen LogP contribution < -0.4 is 5.73 Å². The van der Waals surface area contributed by atoms with Crippen molar-refractivity contribution < 1.29 is 4.18 Å². The maximum atomic E-state index is 6.68. The summed E-state index contributed by atoms with van der Waals surface area (Å²) in [7, 11) is 1.12. The number of hydrogen-bond acceptors (Lipinski definition) is 4. The summed E-state index contributed by atoms with van der Waals surface area (Å²) < 4.78 is 11.7. The molecule has 57 valence electrons. The monoisotopic (exact) mass is 169 g/mol. The second-order valence-corrected chi connectivity index (χ2v) is 2.34. The first-order valence-corrected chi connectivity index (χ1v) is 3.83. The highest BCUT2D eigenvalue weighted by atomic mass is 32.2. The fourth-order valence-corrected chi connectivity index (χ4v) is 0.862. The van der Waals surface area contributed by atoms with Gasteiger partial charge in [0.25, 0.3) is 0 Å². The first kappa shape index (κ1) is 7.00. The van der Waals surface area contributed by atoms with Crippen LogP contribution in [0.5, 0.6) is 0 Å². The van der Waals surface area contributed by atoms with E-state index < -0.39 is 0 Å². The molecular formula is C6H8BN2OS. The molecule has 0 aliphatic carbocycles. The molecule has 0 unspecified atom stereocenters. The Morgan fingerprint density at radius 2 is 2.73 bits per heavy atom. The molecule has 0 atom stereocenters. The van der Waals surface area contributed by atoms with E-state index in [-0.39, 0.29) is 0 Å². The molecule has 0 saturated carbocycles. The van der Waals surface area contributed by atoms with Crippen molar-refractivity contribution in [1.82, 2.24) is 4.98 Å². The number of rotatable bonds is 4. The Balaban J connectivity index is 2.41. The van der Waals surface area contributed by atoms with Crippen molar-refractivity contribution in [2.24, 2.45) is 0 Å². The van der Waals surface area contributed by atoms with Crippen LogP contribution in [0, 0.1) is 0 Å². The second-order valence-electron chi connectivity index (χ2n) is 1.91. The van der Waals surface area contributed by atoms with Crippen molar-refractivity contribution in [2.45, 2.75) is 6.61 Å². The van der Waals surface area contributed by atoms with Crippen molar-refractivity contribution in [2.75, 3.05) is 5.73 Å². The highest BCUT2D eigenvalue weighted by Gasteiger charge is 1.93. The number of anilines is 1. The van der Waals surface area contributed by atoms with Crippen molar-refractivity contribution in [1.29, 1.82) is 1.34 Å². The lowest BCUT2D eigenvalue weighted by atomic mass is 10.3. The molecule has 0 aliphatic rings. The van der Waals surface area contributed by atoms with E-state index in [0.717, 1.165) is 24.7 Å². The SMILES string of the molecule is [3H][B]SOCc1cccc(N)n1. The summed E-state index contributed by atoms with van der Waals surface area (Å²) in [6.07, 6.45) is 0. The molecule has 1 rings (SSSR count). The topological polar surface area (TPSA) is 48.1 Å². The van der Waals surface area contributed by atoms with Crippen LogP contribution in [0.25, 0.3) is 0 Å². The first-order valence-electron chi connectivity index (χ1n) is 3.60. The zero-order valence-electron chi connectivity index (χ0n) is 6.86. The average Bonchev–Trinajstić information content (AvgIpc) is 2.05. The molecule has 1 aromatic rings. The zero-order chi connectivity index (χ0) is 8.81. The molecular weight excluding hydrogens is 159 g/mol. The zero-order valence-corrected chi connectivity index (χ0v) is 6.67. The largest absolute Gasteiger partial charge is 0.384 e. The lowest BCUT2D eigenvalue weighted by Gasteiger charge is -1.99. The fraction of sp³-hybridized carbons (Fsp3) is 0.167. The van der Waals surface area contributed by atoms with Gasteiger partial charge in [0.2, 0.25) is 7.09 Å². The van der Waals surface area contributed by atoms with Crippen molar-refractivity contribution in [3.63, 3.8) is 0 Å². The molecule has 5 heteroatoms. The third-order valence-corrected chi connectivity index (χ3v) is 1.36. The quantitative estimate of drug-likeness (QED) is 0.408. The van der Waals surface area contributed by atoms with Crippen LogP contribution >= 0.6 is 11.9 Å². The van der Waals surface area contributed by atoms with E-state index >= 15 is 0 Å². The van der Waals surface area contributed by atoms with Crippen LogP contribution in [0.2, 0.25) is 0 Å². The highest BCUT2D eigenvalue weighted by molar-refractivity contribution is 8.15. The summed E-state index contributed by atoms with van der Waals surface area (Å²) in [5.74, 6) is 0.482. The maximum Gasteiger partial charge on any atom is 0.209 e. The lowest BCUT2D eigenvalue weighted by molar-refractivity contribution is 0.363. The Morgan fingerprint density at radius 3 is 3.45 bits per heavy atom. The smallest absolute Gasteiger partial charge is 0.209 e. The van der Waals surface area contributed by atoms with Gasteiger partial charge in [0.15, 0.2) is 0 Å². The van der Waals surface area contributed by atoms with E-state index in [2.05, 4.69) is 4.98 Å². The van der Waals surface area contributed by atoms with Crippen LogP contribution in [-0.4, -0.2) is 13.4 Å². The summed E-state index contributed by atoms with van der Waals surface area (Å²) in [5.41, 5.74) is 6.21. The Hall–Kier alpha value is -0.675. The molecule has 2 N–H and O–H groups in total. The van der Waals surface area contributed by atoms with E-state index in [1.54, 1.807) is 6.07 Å². The highest BCUT2D eigenvalue weighted by Crippen LogP contribution is 2.04. The number of pyridine rings is 1. The Bertz CT molecular complexity index is 251. The van der Waals surface area contributed by atoms with Crippen LogP contribution in [0.1, 0.15) is 5.69 Å². The molecule has 11 heavy (non-hydrogen) atoms. The number of hydrogen-bond donors (Lipinski definition) is 1. The van der Waals surface area contributed by atoms with Crippen LogP contribution in [0.4, 0.5) is 5.82 Å². The molecule has 1 radical (unpaired) electrons. The third kappa shape index (κ3) is 2.82. The van der Waals surface area contributed by atoms with Gasteiger partial charge in [0.1, 0.15) is 12.4 Å². The molecule has 0 spiro atoms. The predicted octanol–water partition coefficient (Wildman–Crippen LogP) is 0.644. The van der Waals surface area contributed by atoms with Gasteiger partial charge in [-0.15, -0.1) is 0 Å². The van der Waals surface area contributed by atoms with Gasteiger partial charge in [0, 0.05) is 0 Å². The first-order chi connectivity index (χ1) is 5.83. The van der Waals surface area contributed by atoms with Crippen molar-refractivity contribution >= 4 is 24.8 Å². The molecule has 0 aromatic carbocycles. The van der Waals surface area contributed by atoms with Crippen LogP contribution in [-0.2, 0) is 10.8 Å². The van der Waals surface area contributed by atoms with Gasteiger partial charge in [-0.3, -0.25) is 0 Å². The number of nitrogens with two attached hydrogens (primary N) is 1. The minimum Gasteiger partial charge on any atom is -0.384 e. The van der Waals surface area contributed by atoms with Gasteiger partial charge in [-0.25, -0.2) is 4.98 Å². The standard InChI is InChI=1S/C6H8BN2OS/c7-11-10-4-5-2-1-3-6(8)9-5/h1-3,7H,4H2,(H2,8,9)/i7T. The summed E-state index contributed by atoms with van der Waals surface area (Å²) >= 11 is 0.970. The predicted molar refractivity (Wildman–Crippen MR) is 48.2 cm³/mol. The van der Waals surface area contributed by atoms with Gasteiger partial charge in [-0.05, 0) is 13.5 Å². The Morgan fingerprint density at radius 1 is 1.82 bits per heavy atom. The number of nitrogen functional groups attached to an aromatic ring is 1. The fourth-order valence-electron chi connectivity index (χ4n) is 0.673. The number of nitrogens with zero attached hydrogens (tertiary/aromatic N) is 1. The molecule has 0 fully saturated rings. The minimum atomic E-state index is 0.366. The molecule has 1 heterocycles. The molecule has 1 aromatic heterocycles. The Labute approximate surface area is 72.2 Å². The minimum absolute atomic E-state index is 0.366. The van der Waals surface area contributed by atoms with E-state index in [9.17, 15) is 0 Å². The molecule has 0 aliphatic heterocycles. The lowest BCUT2D eigenvalue weighted by Crippen LogP contribution is -1.95. The summed E-state index contributed by atoms with van der Waals surface area (Å²) in [4.78, 5) is 4.01. The second kappa shape index (κ2) is 4.25. The third-order valence-electron chi connectivity index (χ3n) is 1.10. The van der Waals surface area contributed by atoms with E-state index in [1.807, 2.05) is 12.1 Å². The summed E-state index contributed by atoms with van der Waals surface area (Å²) in [5, 5.41) is 0. The maximum absolute atomic E-state index is 6.68. The Kier molecular flexibility index (Phi) is 2.71. The van der Waals surface area contributed by atoms with Gasteiger partial charge in [-0.1, -0.05) is 18.0 Å². The van der Waals surface area contributed by atoms with Crippen LogP contribution in [0.15, 0.2) is 18.2 Å². The molecule has 3 nitrogen and oxygen atoms in total. The van der Waals surface area contributed by atoms with Crippen molar-refractivity contribution in [3.05, 3.63) is 23.9 Å². The van der Waals surface area contributed by atoms with E-state index in [4.69, 9.17) is 11.3 Å². The number of aromatic nitrogens is 1. The molecule has 0 bridgehead atoms. The van der Waals surface area contributed by atoms with Gasteiger partial charge < -0.3 is 9.92 Å². The molecule has 0 saturated heterocycles. The average molecular weight is 169 g/mol. The van der Waals surface area contributed by atoms with E-state index in [0.29, 0.717) is 12.4 Å². The van der Waals surface area contributed by atoms with E-state index in [1.165, 1.54) is 0 Å². The van der Waals surface area contributed by atoms with Gasteiger partial charge in [0.05, 0.1) is 5.69 Å². The normalized spacial score (nSPS) is 10.7. The van der Waals surface area contributed by atoms with Crippen LogP contribution in [0.3, 0.4) is 0 Å². The van der Waals surface area contributed by atoms with Gasteiger partial charge >= 0.3 is 0 Å². The molecule has 0 amide bonds. The van der Waals surface area contributed by atoms with Crippen molar-refractivity contribution in [3.8, 4) is 0 Å².